The average molecular weight is 392 g/mol. The van der Waals surface area contributed by atoms with E-state index in [-0.39, 0.29) is 24.8 Å². The smallest absolute Gasteiger partial charge is 0.347 e. The second-order valence-corrected chi connectivity index (χ2v) is 5.61. The van der Waals surface area contributed by atoms with E-state index >= 15 is 0 Å². The second kappa shape index (κ2) is 12.4. The SMILES string of the molecule is CCOC(=O)C(=CNc1ccc(N(CC)CCOC(C)=O)cc1)C(=O)OCC. The van der Waals surface area contributed by atoms with Gasteiger partial charge in [0.1, 0.15) is 6.61 Å². The van der Waals surface area contributed by atoms with E-state index in [4.69, 9.17) is 14.2 Å². The van der Waals surface area contributed by atoms with Gasteiger partial charge in [-0.25, -0.2) is 9.59 Å². The summed E-state index contributed by atoms with van der Waals surface area (Å²) in [4.78, 5) is 36.8. The largest absolute Gasteiger partial charge is 0.464 e. The topological polar surface area (TPSA) is 94.2 Å². The van der Waals surface area contributed by atoms with E-state index in [2.05, 4.69) is 10.2 Å². The van der Waals surface area contributed by atoms with Crippen molar-refractivity contribution in [3.05, 3.63) is 36.0 Å². The van der Waals surface area contributed by atoms with E-state index in [0.717, 1.165) is 12.2 Å². The van der Waals surface area contributed by atoms with Crippen molar-refractivity contribution in [3.8, 4) is 0 Å². The number of rotatable bonds is 11. The Hall–Kier alpha value is -3.03. The molecule has 0 fully saturated rings. The first-order chi connectivity index (χ1) is 13.4. The van der Waals surface area contributed by atoms with Gasteiger partial charge in [0.25, 0.3) is 0 Å². The van der Waals surface area contributed by atoms with E-state index in [1.54, 1.807) is 13.8 Å². The van der Waals surface area contributed by atoms with Crippen LogP contribution in [0.2, 0.25) is 0 Å². The summed E-state index contributed by atoms with van der Waals surface area (Å²) in [6.07, 6.45) is 1.28. The molecule has 0 aromatic heterocycles. The fourth-order valence-electron chi connectivity index (χ4n) is 2.31. The summed E-state index contributed by atoms with van der Waals surface area (Å²) in [5, 5.41) is 2.91. The van der Waals surface area contributed by atoms with Crippen molar-refractivity contribution in [2.45, 2.75) is 27.7 Å². The lowest BCUT2D eigenvalue weighted by Gasteiger charge is -2.23. The van der Waals surface area contributed by atoms with E-state index in [1.807, 2.05) is 31.2 Å². The molecule has 0 heterocycles. The number of benzene rings is 1. The second-order valence-electron chi connectivity index (χ2n) is 5.61. The molecule has 0 aliphatic heterocycles. The predicted octanol–water partition coefficient (Wildman–Crippen LogP) is 2.50. The molecule has 0 amide bonds. The van der Waals surface area contributed by atoms with E-state index in [1.165, 1.54) is 13.1 Å². The summed E-state index contributed by atoms with van der Waals surface area (Å²) in [7, 11) is 0. The molecule has 0 radical (unpaired) electrons. The van der Waals surface area contributed by atoms with Gasteiger partial charge >= 0.3 is 17.9 Å². The number of carbonyl (C=O) groups excluding carboxylic acids is 3. The molecule has 8 heteroatoms. The number of carbonyl (C=O) groups is 3. The fraction of sp³-hybridized carbons (Fsp3) is 0.450. The zero-order valence-corrected chi connectivity index (χ0v) is 16.8. The Balaban J connectivity index is 2.82. The minimum Gasteiger partial charge on any atom is -0.464 e. The Morgan fingerprint density at radius 1 is 0.964 bits per heavy atom. The first kappa shape index (κ1) is 23.0. The van der Waals surface area contributed by atoms with Gasteiger partial charge in [-0.2, -0.15) is 0 Å². The highest BCUT2D eigenvalue weighted by Crippen LogP contribution is 2.18. The van der Waals surface area contributed by atoms with Crippen LogP contribution in [0.15, 0.2) is 36.0 Å². The highest BCUT2D eigenvalue weighted by Gasteiger charge is 2.20. The Kier molecular flexibility index (Phi) is 10.2. The molecule has 0 spiro atoms. The van der Waals surface area contributed by atoms with E-state index in [9.17, 15) is 14.4 Å². The molecule has 0 aliphatic carbocycles. The Labute approximate surface area is 165 Å². The molecule has 0 saturated heterocycles. The van der Waals surface area contributed by atoms with Crippen LogP contribution in [0.3, 0.4) is 0 Å². The highest BCUT2D eigenvalue weighted by atomic mass is 16.6. The van der Waals surface area contributed by atoms with Crippen LogP contribution < -0.4 is 10.2 Å². The first-order valence-electron chi connectivity index (χ1n) is 9.22. The molecule has 0 aliphatic rings. The van der Waals surface area contributed by atoms with Crippen LogP contribution in [0.25, 0.3) is 0 Å². The number of hydrogen-bond acceptors (Lipinski definition) is 8. The van der Waals surface area contributed by atoms with Crippen molar-refractivity contribution < 1.29 is 28.6 Å². The lowest BCUT2D eigenvalue weighted by Crippen LogP contribution is -2.27. The maximum absolute atomic E-state index is 11.9. The van der Waals surface area contributed by atoms with Gasteiger partial charge in [-0.1, -0.05) is 0 Å². The molecule has 8 nitrogen and oxygen atoms in total. The maximum Gasteiger partial charge on any atom is 0.347 e. The van der Waals surface area contributed by atoms with Crippen LogP contribution in [0.5, 0.6) is 0 Å². The number of esters is 3. The monoisotopic (exact) mass is 392 g/mol. The van der Waals surface area contributed by atoms with Crippen LogP contribution in [-0.4, -0.2) is 50.8 Å². The number of hydrogen-bond donors (Lipinski definition) is 1. The van der Waals surface area contributed by atoms with Crippen LogP contribution in [-0.2, 0) is 28.6 Å². The molecule has 154 valence electrons. The van der Waals surface area contributed by atoms with Gasteiger partial charge in [-0.3, -0.25) is 4.79 Å². The van der Waals surface area contributed by atoms with Crippen molar-refractivity contribution in [2.24, 2.45) is 0 Å². The summed E-state index contributed by atoms with van der Waals surface area (Å²) >= 11 is 0. The lowest BCUT2D eigenvalue weighted by molar-refractivity contribution is -0.146. The molecule has 1 rings (SSSR count). The third-order valence-electron chi connectivity index (χ3n) is 3.65. The van der Waals surface area contributed by atoms with Crippen molar-refractivity contribution in [1.82, 2.24) is 0 Å². The minimum absolute atomic E-state index is 0.157. The third-order valence-corrected chi connectivity index (χ3v) is 3.65. The quantitative estimate of drug-likeness (QED) is 0.202. The van der Waals surface area contributed by atoms with E-state index in [0.29, 0.717) is 18.8 Å². The molecule has 0 atom stereocenters. The molecule has 0 saturated carbocycles. The molecule has 1 aromatic carbocycles. The predicted molar refractivity (Wildman–Crippen MR) is 106 cm³/mol. The summed E-state index contributed by atoms with van der Waals surface area (Å²) in [5.41, 5.74) is 1.44. The zero-order chi connectivity index (χ0) is 20.9. The molecule has 1 aromatic rings. The van der Waals surface area contributed by atoms with Crippen LogP contribution in [0.4, 0.5) is 11.4 Å². The van der Waals surface area contributed by atoms with Gasteiger partial charge in [0.2, 0.25) is 0 Å². The van der Waals surface area contributed by atoms with Gasteiger partial charge in [0.15, 0.2) is 5.57 Å². The Morgan fingerprint density at radius 2 is 1.54 bits per heavy atom. The molecular formula is C20H28N2O6. The van der Waals surface area contributed by atoms with Gasteiger partial charge < -0.3 is 24.4 Å². The molecule has 0 bridgehead atoms. The summed E-state index contributed by atoms with van der Waals surface area (Å²) < 4.78 is 14.8. The number of likely N-dealkylation sites (N-methyl/N-ethyl adjacent to an activating group) is 1. The lowest BCUT2D eigenvalue weighted by atomic mass is 10.2. The fourth-order valence-corrected chi connectivity index (χ4v) is 2.31. The van der Waals surface area contributed by atoms with Gasteiger partial charge in [0.05, 0.1) is 19.8 Å². The van der Waals surface area contributed by atoms with Crippen LogP contribution in [0.1, 0.15) is 27.7 Å². The average Bonchev–Trinajstić information content (AvgIpc) is 2.66. The Morgan fingerprint density at radius 3 is 2.00 bits per heavy atom. The van der Waals surface area contributed by atoms with Crippen LogP contribution >= 0.6 is 0 Å². The number of ether oxygens (including phenoxy) is 3. The van der Waals surface area contributed by atoms with Gasteiger partial charge in [-0.05, 0) is 45.0 Å². The molecule has 28 heavy (non-hydrogen) atoms. The van der Waals surface area contributed by atoms with Gasteiger partial charge in [0, 0.05) is 31.0 Å². The number of nitrogens with one attached hydrogen (secondary N) is 1. The Bertz CT molecular complexity index is 664. The van der Waals surface area contributed by atoms with Crippen molar-refractivity contribution in [3.63, 3.8) is 0 Å². The molecular weight excluding hydrogens is 364 g/mol. The van der Waals surface area contributed by atoms with E-state index < -0.39 is 11.9 Å². The standard InChI is InChI=1S/C20H28N2O6/c1-5-22(12-13-28-15(4)23)17-10-8-16(9-11-17)21-14-18(19(24)26-6-2)20(25)27-7-3/h8-11,14,21H,5-7,12-13H2,1-4H3. The molecule has 1 N–H and O–H groups in total. The summed E-state index contributed by atoms with van der Waals surface area (Å²) in [6, 6.07) is 7.41. The third kappa shape index (κ3) is 7.69. The first-order valence-corrected chi connectivity index (χ1v) is 9.22. The van der Waals surface area contributed by atoms with Crippen molar-refractivity contribution in [1.29, 1.82) is 0 Å². The minimum atomic E-state index is -0.743. The number of nitrogens with zero attached hydrogens (tertiary/aromatic N) is 1. The summed E-state index contributed by atoms with van der Waals surface area (Å²) in [5.74, 6) is -1.79. The maximum atomic E-state index is 11.9. The normalized spacial score (nSPS) is 9.86. The number of anilines is 2. The highest BCUT2D eigenvalue weighted by molar-refractivity contribution is 6.14. The van der Waals surface area contributed by atoms with Crippen LogP contribution in [0, 0.1) is 0 Å². The molecule has 0 unspecified atom stereocenters. The van der Waals surface area contributed by atoms with Crippen molar-refractivity contribution >= 4 is 29.3 Å². The summed E-state index contributed by atoms with van der Waals surface area (Å²) in [6.45, 7) is 8.67. The van der Waals surface area contributed by atoms with Gasteiger partial charge in [-0.15, -0.1) is 0 Å². The van der Waals surface area contributed by atoms with Crippen molar-refractivity contribution in [2.75, 3.05) is 43.1 Å². The zero-order valence-electron chi connectivity index (χ0n) is 16.8.